The summed E-state index contributed by atoms with van der Waals surface area (Å²) >= 11 is 0. The van der Waals surface area contributed by atoms with Crippen LogP contribution in [0.2, 0.25) is 0 Å². The lowest BCUT2D eigenvalue weighted by Gasteiger charge is -2.17. The molecule has 5 nitrogen and oxygen atoms in total. The van der Waals surface area contributed by atoms with Gasteiger partial charge in [-0.3, -0.25) is 9.59 Å². The summed E-state index contributed by atoms with van der Waals surface area (Å²) in [4.78, 5) is 25.6. The SMILES string of the molecule is N#CCC(=O)Nc1ccccc1C(=O)N1CCCC1. The van der Waals surface area contributed by atoms with Gasteiger partial charge >= 0.3 is 0 Å². The Labute approximate surface area is 111 Å². The maximum atomic E-state index is 12.3. The third-order valence-corrected chi connectivity index (χ3v) is 3.06. The highest BCUT2D eigenvalue weighted by Crippen LogP contribution is 2.20. The summed E-state index contributed by atoms with van der Waals surface area (Å²) in [7, 11) is 0. The van der Waals surface area contributed by atoms with Gasteiger partial charge in [0.05, 0.1) is 17.3 Å². The molecular formula is C14H15N3O2. The zero-order valence-corrected chi connectivity index (χ0v) is 10.6. The van der Waals surface area contributed by atoms with Gasteiger partial charge in [-0.1, -0.05) is 12.1 Å². The van der Waals surface area contributed by atoms with Crippen LogP contribution in [0.1, 0.15) is 29.6 Å². The van der Waals surface area contributed by atoms with Crippen molar-refractivity contribution in [2.75, 3.05) is 18.4 Å². The smallest absolute Gasteiger partial charge is 0.255 e. The molecule has 2 amide bonds. The summed E-state index contributed by atoms with van der Waals surface area (Å²) in [6.45, 7) is 1.53. The first-order valence-corrected chi connectivity index (χ1v) is 6.27. The molecule has 0 aromatic heterocycles. The van der Waals surface area contributed by atoms with E-state index in [0.29, 0.717) is 11.3 Å². The molecule has 19 heavy (non-hydrogen) atoms. The molecule has 98 valence electrons. The predicted molar refractivity (Wildman–Crippen MR) is 70.4 cm³/mol. The number of nitriles is 1. The van der Waals surface area contributed by atoms with Gasteiger partial charge in [0.1, 0.15) is 6.42 Å². The normalized spacial score (nSPS) is 13.9. The number of carbonyl (C=O) groups excluding carboxylic acids is 2. The van der Waals surface area contributed by atoms with Crippen LogP contribution in [0.15, 0.2) is 24.3 Å². The highest BCUT2D eigenvalue weighted by Gasteiger charge is 2.22. The number of hydrogen-bond donors (Lipinski definition) is 1. The van der Waals surface area contributed by atoms with Crippen molar-refractivity contribution < 1.29 is 9.59 Å². The van der Waals surface area contributed by atoms with Crippen LogP contribution in [0.3, 0.4) is 0 Å². The Morgan fingerprint density at radius 1 is 1.26 bits per heavy atom. The van der Waals surface area contributed by atoms with Crippen molar-refractivity contribution >= 4 is 17.5 Å². The number of carbonyl (C=O) groups is 2. The molecule has 1 aromatic carbocycles. The molecule has 1 aliphatic heterocycles. The molecule has 0 unspecified atom stereocenters. The minimum Gasteiger partial charge on any atom is -0.339 e. The number of amides is 2. The molecule has 0 atom stereocenters. The van der Waals surface area contributed by atoms with Crippen LogP contribution in [0, 0.1) is 11.3 Å². The molecule has 0 saturated carbocycles. The second kappa shape index (κ2) is 6.01. The van der Waals surface area contributed by atoms with E-state index >= 15 is 0 Å². The number of likely N-dealkylation sites (tertiary alicyclic amines) is 1. The van der Waals surface area contributed by atoms with E-state index in [4.69, 9.17) is 5.26 Å². The molecule has 1 saturated heterocycles. The first-order chi connectivity index (χ1) is 9.22. The van der Waals surface area contributed by atoms with Crippen molar-refractivity contribution in [1.29, 1.82) is 5.26 Å². The quantitative estimate of drug-likeness (QED) is 0.896. The van der Waals surface area contributed by atoms with Crippen LogP contribution in [0.4, 0.5) is 5.69 Å². The molecule has 2 rings (SSSR count). The van der Waals surface area contributed by atoms with E-state index in [9.17, 15) is 9.59 Å². The van der Waals surface area contributed by atoms with Crippen LogP contribution < -0.4 is 5.32 Å². The topological polar surface area (TPSA) is 73.2 Å². The van der Waals surface area contributed by atoms with Gasteiger partial charge in [0.15, 0.2) is 0 Å². The fourth-order valence-electron chi connectivity index (χ4n) is 2.14. The highest BCUT2D eigenvalue weighted by atomic mass is 16.2. The number of nitrogens with one attached hydrogen (secondary N) is 1. The zero-order chi connectivity index (χ0) is 13.7. The molecule has 5 heteroatoms. The van der Waals surface area contributed by atoms with Crippen LogP contribution >= 0.6 is 0 Å². The van der Waals surface area contributed by atoms with E-state index in [1.54, 1.807) is 35.2 Å². The van der Waals surface area contributed by atoms with Gasteiger partial charge in [-0.15, -0.1) is 0 Å². The summed E-state index contributed by atoms with van der Waals surface area (Å²) in [5.74, 6) is -0.463. The third-order valence-electron chi connectivity index (χ3n) is 3.06. The van der Waals surface area contributed by atoms with E-state index in [2.05, 4.69) is 5.32 Å². The van der Waals surface area contributed by atoms with Crippen molar-refractivity contribution in [3.63, 3.8) is 0 Å². The van der Waals surface area contributed by atoms with E-state index in [1.807, 2.05) is 0 Å². The number of benzene rings is 1. The lowest BCUT2D eigenvalue weighted by Crippen LogP contribution is -2.28. The standard InChI is InChI=1S/C14H15N3O2/c15-8-7-13(18)16-12-6-2-1-5-11(12)14(19)17-9-3-4-10-17/h1-2,5-6H,3-4,7,9-10H2,(H,16,18). The van der Waals surface area contributed by atoms with Crippen LogP contribution in [0.5, 0.6) is 0 Å². The Morgan fingerprint density at radius 3 is 2.63 bits per heavy atom. The summed E-state index contributed by atoms with van der Waals surface area (Å²) < 4.78 is 0. The third kappa shape index (κ3) is 3.10. The highest BCUT2D eigenvalue weighted by molar-refractivity contribution is 6.04. The second-order valence-corrected chi connectivity index (χ2v) is 4.43. The van der Waals surface area contributed by atoms with Crippen molar-refractivity contribution in [2.45, 2.75) is 19.3 Å². The Morgan fingerprint density at radius 2 is 1.95 bits per heavy atom. The first-order valence-electron chi connectivity index (χ1n) is 6.27. The van der Waals surface area contributed by atoms with Crippen molar-refractivity contribution in [3.05, 3.63) is 29.8 Å². The minimum atomic E-state index is -0.399. The molecule has 0 bridgehead atoms. The monoisotopic (exact) mass is 257 g/mol. The first kappa shape index (κ1) is 13.1. The molecule has 1 aliphatic rings. The number of rotatable bonds is 3. The zero-order valence-electron chi connectivity index (χ0n) is 10.6. The second-order valence-electron chi connectivity index (χ2n) is 4.43. The number of anilines is 1. The Bertz CT molecular complexity index is 528. The van der Waals surface area contributed by atoms with Crippen molar-refractivity contribution in [2.24, 2.45) is 0 Å². The molecule has 1 N–H and O–H groups in total. The van der Waals surface area contributed by atoms with Gasteiger partial charge in [-0.05, 0) is 25.0 Å². The van der Waals surface area contributed by atoms with Gasteiger partial charge in [0, 0.05) is 13.1 Å². The summed E-state index contributed by atoms with van der Waals surface area (Å²) in [5, 5.41) is 11.1. The van der Waals surface area contributed by atoms with Crippen molar-refractivity contribution in [3.8, 4) is 6.07 Å². The van der Waals surface area contributed by atoms with Crippen LogP contribution in [-0.4, -0.2) is 29.8 Å². The van der Waals surface area contributed by atoms with E-state index < -0.39 is 5.91 Å². The molecule has 0 radical (unpaired) electrons. The molecule has 1 fully saturated rings. The number of para-hydroxylation sites is 1. The number of hydrogen-bond acceptors (Lipinski definition) is 3. The number of nitrogens with zero attached hydrogens (tertiary/aromatic N) is 2. The molecule has 0 spiro atoms. The van der Waals surface area contributed by atoms with Crippen LogP contribution in [-0.2, 0) is 4.79 Å². The Hall–Kier alpha value is -2.35. The molecule has 1 heterocycles. The van der Waals surface area contributed by atoms with Gasteiger partial charge in [-0.25, -0.2) is 0 Å². The average Bonchev–Trinajstić information content (AvgIpc) is 2.93. The van der Waals surface area contributed by atoms with Gasteiger partial charge < -0.3 is 10.2 Å². The average molecular weight is 257 g/mol. The van der Waals surface area contributed by atoms with Crippen LogP contribution in [0.25, 0.3) is 0 Å². The summed E-state index contributed by atoms with van der Waals surface area (Å²) in [6.07, 6.45) is 1.83. The molecule has 0 aliphatic carbocycles. The predicted octanol–water partition coefficient (Wildman–Crippen LogP) is 1.77. The lowest BCUT2D eigenvalue weighted by atomic mass is 10.1. The van der Waals surface area contributed by atoms with Gasteiger partial charge in [0.2, 0.25) is 5.91 Å². The summed E-state index contributed by atoms with van der Waals surface area (Å²) in [6, 6.07) is 8.68. The van der Waals surface area contributed by atoms with Gasteiger partial charge in [-0.2, -0.15) is 5.26 Å². The largest absolute Gasteiger partial charge is 0.339 e. The maximum Gasteiger partial charge on any atom is 0.255 e. The maximum absolute atomic E-state index is 12.3. The fraction of sp³-hybridized carbons (Fsp3) is 0.357. The molecule has 1 aromatic rings. The Kier molecular flexibility index (Phi) is 4.14. The van der Waals surface area contributed by atoms with E-state index in [1.165, 1.54) is 0 Å². The molecular weight excluding hydrogens is 242 g/mol. The fourth-order valence-corrected chi connectivity index (χ4v) is 2.14. The minimum absolute atomic E-state index is 0.0645. The van der Waals surface area contributed by atoms with E-state index in [-0.39, 0.29) is 12.3 Å². The van der Waals surface area contributed by atoms with E-state index in [0.717, 1.165) is 25.9 Å². The van der Waals surface area contributed by atoms with Crippen molar-refractivity contribution in [1.82, 2.24) is 4.90 Å². The lowest BCUT2D eigenvalue weighted by molar-refractivity contribution is -0.115. The van der Waals surface area contributed by atoms with Gasteiger partial charge in [0.25, 0.3) is 5.91 Å². The Balaban J connectivity index is 2.18. The summed E-state index contributed by atoms with van der Waals surface area (Å²) in [5.41, 5.74) is 0.954.